The molecule has 1 aliphatic rings. The first-order valence-corrected chi connectivity index (χ1v) is 8.56. The van der Waals surface area contributed by atoms with Gasteiger partial charge in [-0.05, 0) is 43.0 Å². The molecule has 0 bridgehead atoms. The molecule has 1 aliphatic heterocycles. The Labute approximate surface area is 159 Å². The Kier molecular flexibility index (Phi) is 5.30. The van der Waals surface area contributed by atoms with Crippen LogP contribution in [0.25, 0.3) is 0 Å². The van der Waals surface area contributed by atoms with Gasteiger partial charge in [0.2, 0.25) is 5.91 Å². The lowest BCUT2D eigenvalue weighted by atomic mass is 9.95. The van der Waals surface area contributed by atoms with E-state index in [2.05, 4.69) is 6.58 Å². The molecular formula is C19H14Cl2FNO3. The Morgan fingerprint density at radius 3 is 2.65 bits per heavy atom. The first kappa shape index (κ1) is 18.4. The van der Waals surface area contributed by atoms with Crippen molar-refractivity contribution >= 4 is 34.9 Å². The molecule has 0 aromatic heterocycles. The minimum Gasteiger partial charge on any atom is -0.457 e. The number of benzene rings is 2. The van der Waals surface area contributed by atoms with E-state index in [9.17, 15) is 14.0 Å². The van der Waals surface area contributed by atoms with E-state index in [0.29, 0.717) is 23.7 Å². The van der Waals surface area contributed by atoms with Crippen LogP contribution >= 0.6 is 23.2 Å². The second-order valence-electron chi connectivity index (χ2n) is 5.74. The molecule has 0 N–H and O–H groups in total. The number of halogens is 3. The van der Waals surface area contributed by atoms with Crippen molar-refractivity contribution in [1.82, 2.24) is 4.90 Å². The van der Waals surface area contributed by atoms with Crippen molar-refractivity contribution in [2.75, 3.05) is 6.54 Å². The zero-order valence-electron chi connectivity index (χ0n) is 13.5. The molecule has 4 nitrogen and oxygen atoms in total. The van der Waals surface area contributed by atoms with Gasteiger partial charge < -0.3 is 9.64 Å². The van der Waals surface area contributed by atoms with Crippen LogP contribution in [0.5, 0.6) is 11.5 Å². The molecule has 1 fully saturated rings. The third-order valence-corrected chi connectivity index (χ3v) is 4.84. The summed E-state index contributed by atoms with van der Waals surface area (Å²) < 4.78 is 19.4. The summed E-state index contributed by atoms with van der Waals surface area (Å²) >= 11 is 11.8. The maximum absolute atomic E-state index is 13.7. The molecule has 1 saturated heterocycles. The Hall–Kier alpha value is -2.37. The summed E-state index contributed by atoms with van der Waals surface area (Å²) in [5, 5.41) is 0.641. The van der Waals surface area contributed by atoms with Crippen LogP contribution < -0.4 is 4.74 Å². The van der Waals surface area contributed by atoms with Gasteiger partial charge in [-0.2, -0.15) is 0 Å². The number of hydrogen-bond acceptors (Lipinski definition) is 3. The van der Waals surface area contributed by atoms with Crippen LogP contribution in [0.2, 0.25) is 10.0 Å². The van der Waals surface area contributed by atoms with Gasteiger partial charge >= 0.3 is 0 Å². The fourth-order valence-electron chi connectivity index (χ4n) is 2.77. The highest BCUT2D eigenvalue weighted by atomic mass is 35.5. The van der Waals surface area contributed by atoms with E-state index < -0.39 is 17.5 Å². The number of likely N-dealkylation sites (tertiary alicyclic amines) is 1. The van der Waals surface area contributed by atoms with Gasteiger partial charge in [0.25, 0.3) is 0 Å². The third kappa shape index (κ3) is 3.59. The van der Waals surface area contributed by atoms with Gasteiger partial charge in [-0.3, -0.25) is 9.59 Å². The van der Waals surface area contributed by atoms with Crippen LogP contribution in [0.4, 0.5) is 4.39 Å². The molecule has 2 aromatic rings. The van der Waals surface area contributed by atoms with Crippen molar-refractivity contribution in [3.8, 4) is 11.5 Å². The normalized spacial score (nSPS) is 16.7. The zero-order valence-corrected chi connectivity index (χ0v) is 15.1. The maximum Gasteiger partial charge on any atom is 0.237 e. The van der Waals surface area contributed by atoms with Gasteiger partial charge in [-0.1, -0.05) is 29.8 Å². The summed E-state index contributed by atoms with van der Waals surface area (Å²) in [6.07, 6.45) is 1.72. The summed E-state index contributed by atoms with van der Waals surface area (Å²) in [4.78, 5) is 26.5. The van der Waals surface area contributed by atoms with Gasteiger partial charge in [0.05, 0.1) is 15.6 Å². The van der Waals surface area contributed by atoms with Crippen molar-refractivity contribution in [1.29, 1.82) is 0 Å². The van der Waals surface area contributed by atoms with Crippen LogP contribution in [0.15, 0.2) is 49.2 Å². The van der Waals surface area contributed by atoms with E-state index in [4.69, 9.17) is 27.9 Å². The van der Waals surface area contributed by atoms with Crippen molar-refractivity contribution in [2.24, 2.45) is 5.92 Å². The highest BCUT2D eigenvalue weighted by Gasteiger charge is 2.37. The van der Waals surface area contributed by atoms with Crippen molar-refractivity contribution < 1.29 is 18.7 Å². The van der Waals surface area contributed by atoms with E-state index in [1.807, 2.05) is 0 Å². The molecule has 3 rings (SSSR count). The molecule has 26 heavy (non-hydrogen) atoms. The minimum atomic E-state index is -0.883. The Morgan fingerprint density at radius 1 is 1.23 bits per heavy atom. The fourth-order valence-corrected chi connectivity index (χ4v) is 3.05. The highest BCUT2D eigenvalue weighted by Crippen LogP contribution is 2.33. The minimum absolute atomic E-state index is 0.000310. The summed E-state index contributed by atoms with van der Waals surface area (Å²) in [6.45, 7) is 3.95. The molecule has 0 aliphatic carbocycles. The number of ketones is 1. The topological polar surface area (TPSA) is 46.6 Å². The van der Waals surface area contributed by atoms with E-state index in [1.165, 1.54) is 29.3 Å². The number of Topliss-reactive ketones (excluding diaryl/α,β-unsaturated/α-hetero) is 1. The van der Waals surface area contributed by atoms with E-state index in [1.54, 1.807) is 12.1 Å². The van der Waals surface area contributed by atoms with Gasteiger partial charge in [-0.25, -0.2) is 4.39 Å². The molecular weight excluding hydrogens is 380 g/mol. The number of rotatable bonds is 5. The SMILES string of the molecule is C=CN1CCC(C(=O)c2cc(F)ccc2Oc2ccc(Cl)c(Cl)c2)C1=O. The fraction of sp³-hybridized carbons (Fsp3) is 0.158. The first-order valence-electron chi connectivity index (χ1n) is 7.80. The molecule has 134 valence electrons. The quantitative estimate of drug-likeness (QED) is 0.524. The van der Waals surface area contributed by atoms with Crippen LogP contribution in [0.3, 0.4) is 0 Å². The molecule has 7 heteroatoms. The monoisotopic (exact) mass is 393 g/mol. The number of carbonyl (C=O) groups excluding carboxylic acids is 2. The molecule has 1 amide bonds. The van der Waals surface area contributed by atoms with E-state index in [-0.39, 0.29) is 22.2 Å². The van der Waals surface area contributed by atoms with E-state index in [0.717, 1.165) is 6.07 Å². The number of carbonyl (C=O) groups is 2. The maximum atomic E-state index is 13.7. The number of ether oxygens (including phenoxy) is 1. The lowest BCUT2D eigenvalue weighted by Crippen LogP contribution is -2.26. The van der Waals surface area contributed by atoms with Crippen molar-refractivity contribution in [3.05, 3.63) is 70.6 Å². The van der Waals surface area contributed by atoms with Crippen LogP contribution in [-0.2, 0) is 4.79 Å². The molecule has 2 aromatic carbocycles. The van der Waals surface area contributed by atoms with Gasteiger partial charge in [0, 0.05) is 12.6 Å². The van der Waals surface area contributed by atoms with Crippen molar-refractivity contribution in [3.63, 3.8) is 0 Å². The second kappa shape index (κ2) is 7.48. The lowest BCUT2D eigenvalue weighted by molar-refractivity contribution is -0.127. The predicted octanol–water partition coefficient (Wildman–Crippen LogP) is 5.10. The number of amides is 1. The standard InChI is InChI=1S/C19H14Cl2FNO3/c1-2-23-8-7-13(19(23)25)18(24)14-9-11(22)3-6-17(14)26-12-4-5-15(20)16(21)10-12/h2-6,9-10,13H,1,7-8H2. The van der Waals surface area contributed by atoms with Gasteiger partial charge in [0.1, 0.15) is 23.2 Å². The number of hydrogen-bond donors (Lipinski definition) is 0. The average Bonchev–Trinajstić information content (AvgIpc) is 2.99. The largest absolute Gasteiger partial charge is 0.457 e. The highest BCUT2D eigenvalue weighted by molar-refractivity contribution is 6.42. The van der Waals surface area contributed by atoms with Gasteiger partial charge in [0.15, 0.2) is 5.78 Å². The van der Waals surface area contributed by atoms with Crippen LogP contribution in [0, 0.1) is 11.7 Å². The van der Waals surface area contributed by atoms with E-state index >= 15 is 0 Å². The first-order chi connectivity index (χ1) is 12.4. The van der Waals surface area contributed by atoms with Gasteiger partial charge in [-0.15, -0.1) is 0 Å². The summed E-state index contributed by atoms with van der Waals surface area (Å²) in [6, 6.07) is 8.20. The summed E-state index contributed by atoms with van der Waals surface area (Å²) in [5.41, 5.74) is 0.000310. The third-order valence-electron chi connectivity index (χ3n) is 4.10. The van der Waals surface area contributed by atoms with Crippen LogP contribution in [0.1, 0.15) is 16.8 Å². The molecule has 1 atom stereocenters. The van der Waals surface area contributed by atoms with Crippen LogP contribution in [-0.4, -0.2) is 23.1 Å². The molecule has 0 spiro atoms. The Bertz CT molecular complexity index is 900. The molecule has 1 heterocycles. The lowest BCUT2D eigenvalue weighted by Gasteiger charge is -2.14. The Morgan fingerprint density at radius 2 is 2.00 bits per heavy atom. The summed E-state index contributed by atoms with van der Waals surface area (Å²) in [5.74, 6) is -1.85. The smallest absolute Gasteiger partial charge is 0.237 e. The zero-order chi connectivity index (χ0) is 18.8. The molecule has 0 saturated carbocycles. The molecule has 0 radical (unpaired) electrons. The predicted molar refractivity (Wildman–Crippen MR) is 97.3 cm³/mol. The summed E-state index contributed by atoms with van der Waals surface area (Å²) in [7, 11) is 0. The molecule has 1 unspecified atom stereocenters. The Balaban J connectivity index is 1.93. The average molecular weight is 394 g/mol. The number of nitrogens with zero attached hydrogens (tertiary/aromatic N) is 1. The second-order valence-corrected chi connectivity index (χ2v) is 6.55. The van der Waals surface area contributed by atoms with Crippen molar-refractivity contribution in [2.45, 2.75) is 6.42 Å².